The molecule has 39 heavy (non-hydrogen) atoms. The van der Waals surface area contributed by atoms with Crippen molar-refractivity contribution >= 4 is 16.9 Å². The largest absolute Gasteiger partial charge is 0.396 e. The number of aliphatic hydroxyl groups excluding tert-OH is 1. The van der Waals surface area contributed by atoms with Crippen LogP contribution >= 0.6 is 0 Å². The van der Waals surface area contributed by atoms with Crippen LogP contribution in [-0.2, 0) is 17.5 Å². The van der Waals surface area contributed by atoms with Crippen LogP contribution in [0.2, 0.25) is 0 Å². The number of aliphatic hydroxyl groups is 2. The first-order valence-electron chi connectivity index (χ1n) is 13.5. The van der Waals surface area contributed by atoms with E-state index >= 15 is 0 Å². The molecule has 2 aliphatic rings. The number of likely N-dealkylation sites (N-methyl/N-ethyl adjacent to an activating group) is 1. The lowest BCUT2D eigenvalue weighted by molar-refractivity contribution is 0.0658. The Kier molecular flexibility index (Phi) is 8.64. The van der Waals surface area contributed by atoms with Crippen LogP contribution in [0.15, 0.2) is 30.3 Å². The van der Waals surface area contributed by atoms with E-state index in [2.05, 4.69) is 16.7 Å². The normalized spacial score (nSPS) is 19.4. The highest BCUT2D eigenvalue weighted by molar-refractivity contribution is 7.84. The van der Waals surface area contributed by atoms with Crippen molar-refractivity contribution in [3.8, 4) is 23.1 Å². The first-order valence-corrected chi connectivity index (χ1v) is 14.6. The molecule has 8 nitrogen and oxygen atoms in total. The highest BCUT2D eigenvalue weighted by Gasteiger charge is 2.40. The fourth-order valence-corrected chi connectivity index (χ4v) is 6.34. The van der Waals surface area contributed by atoms with E-state index in [9.17, 15) is 19.2 Å². The van der Waals surface area contributed by atoms with Crippen molar-refractivity contribution in [2.75, 3.05) is 39.8 Å². The van der Waals surface area contributed by atoms with E-state index in [-0.39, 0.29) is 18.6 Å². The monoisotopic (exact) mass is 552 g/mol. The number of nitrogens with zero attached hydrogens (tertiary/aromatic N) is 4. The van der Waals surface area contributed by atoms with Gasteiger partial charge in [0.25, 0.3) is 5.91 Å². The second-order valence-corrected chi connectivity index (χ2v) is 14.1. The molecule has 2 N–H and O–H groups in total. The zero-order valence-electron chi connectivity index (χ0n) is 23.8. The first kappa shape index (κ1) is 29.4. The Hall–Kier alpha value is -2.61. The lowest BCUT2D eigenvalue weighted by Gasteiger charge is -2.32. The minimum atomic E-state index is -1.33. The third-order valence-electron chi connectivity index (χ3n) is 6.95. The molecule has 0 aliphatic carbocycles. The van der Waals surface area contributed by atoms with E-state index in [4.69, 9.17) is 4.98 Å². The van der Waals surface area contributed by atoms with Crippen molar-refractivity contribution in [2.24, 2.45) is 0 Å². The zero-order valence-corrected chi connectivity index (χ0v) is 24.6. The minimum Gasteiger partial charge on any atom is -0.396 e. The lowest BCUT2D eigenvalue weighted by atomic mass is 9.95. The van der Waals surface area contributed by atoms with Gasteiger partial charge in [-0.1, -0.05) is 24.0 Å². The summed E-state index contributed by atoms with van der Waals surface area (Å²) in [6.07, 6.45) is 0.396. The smallest absolute Gasteiger partial charge is 0.272 e. The molecule has 210 valence electrons. The van der Waals surface area contributed by atoms with Crippen LogP contribution in [0.1, 0.15) is 74.3 Å². The van der Waals surface area contributed by atoms with Gasteiger partial charge in [0, 0.05) is 56.0 Å². The van der Waals surface area contributed by atoms with E-state index in [1.54, 1.807) is 13.8 Å². The number of pyridine rings is 1. The van der Waals surface area contributed by atoms with Gasteiger partial charge in [-0.15, -0.1) is 0 Å². The third-order valence-corrected chi connectivity index (χ3v) is 8.81. The molecule has 1 amide bonds. The molecule has 0 radical (unpaired) electrons. The van der Waals surface area contributed by atoms with Crippen molar-refractivity contribution in [3.05, 3.63) is 52.7 Å². The molecule has 9 heteroatoms. The van der Waals surface area contributed by atoms with Crippen LogP contribution in [0.3, 0.4) is 0 Å². The van der Waals surface area contributed by atoms with Gasteiger partial charge < -0.3 is 20.0 Å². The van der Waals surface area contributed by atoms with Crippen LogP contribution in [0.4, 0.5) is 0 Å². The van der Waals surface area contributed by atoms with Crippen LogP contribution in [0.5, 0.6) is 0 Å². The molecule has 0 bridgehead atoms. The number of aromatic nitrogens is 1. The molecule has 4 rings (SSSR count). The minimum absolute atomic E-state index is 0.0690. The van der Waals surface area contributed by atoms with E-state index in [1.165, 1.54) is 0 Å². The van der Waals surface area contributed by atoms with Crippen LogP contribution in [-0.4, -0.2) is 89.6 Å². The second kappa shape index (κ2) is 11.5. The number of carbonyl (C=O) groups excluding carboxylic acids is 1. The van der Waals surface area contributed by atoms with Gasteiger partial charge in [0.05, 0.1) is 16.5 Å². The Balaban J connectivity index is 1.86. The second-order valence-electron chi connectivity index (χ2n) is 11.9. The quantitative estimate of drug-likeness (QED) is 0.554. The van der Waals surface area contributed by atoms with Crippen molar-refractivity contribution in [1.82, 2.24) is 19.1 Å². The number of amides is 1. The molecule has 2 aliphatic heterocycles. The van der Waals surface area contributed by atoms with Gasteiger partial charge in [-0.25, -0.2) is 13.5 Å². The van der Waals surface area contributed by atoms with Crippen molar-refractivity contribution in [3.63, 3.8) is 0 Å². The summed E-state index contributed by atoms with van der Waals surface area (Å²) >= 11 is 0. The summed E-state index contributed by atoms with van der Waals surface area (Å²) in [6.45, 7) is 12.3. The molecule has 2 aromatic rings. The maximum Gasteiger partial charge on any atom is 0.272 e. The Bertz CT molecular complexity index is 1310. The van der Waals surface area contributed by atoms with Gasteiger partial charge in [0.2, 0.25) is 0 Å². The molecule has 0 spiro atoms. The van der Waals surface area contributed by atoms with E-state index in [1.807, 2.05) is 67.4 Å². The van der Waals surface area contributed by atoms with Gasteiger partial charge in [0.15, 0.2) is 0 Å². The molecular weight excluding hydrogens is 512 g/mol. The molecule has 2 atom stereocenters. The van der Waals surface area contributed by atoms with Gasteiger partial charge >= 0.3 is 0 Å². The van der Waals surface area contributed by atoms with Gasteiger partial charge in [0.1, 0.15) is 22.3 Å². The molecule has 1 aromatic carbocycles. The number of carbonyl (C=O) groups is 1. The van der Waals surface area contributed by atoms with Crippen molar-refractivity contribution in [2.45, 2.75) is 64.0 Å². The Morgan fingerprint density at radius 2 is 1.82 bits per heavy atom. The summed E-state index contributed by atoms with van der Waals surface area (Å²) < 4.78 is 15.0. The van der Waals surface area contributed by atoms with Crippen LogP contribution in [0, 0.1) is 11.8 Å². The van der Waals surface area contributed by atoms with Gasteiger partial charge in [-0.05, 0) is 71.8 Å². The van der Waals surface area contributed by atoms with Crippen LogP contribution < -0.4 is 0 Å². The number of piperazine rings is 1. The number of hydrogen-bond acceptors (Lipinski definition) is 6. The first-order chi connectivity index (χ1) is 18.3. The Morgan fingerprint density at radius 1 is 1.13 bits per heavy atom. The maximum atomic E-state index is 13.6. The summed E-state index contributed by atoms with van der Waals surface area (Å²) in [7, 11) is 0.713. The van der Waals surface area contributed by atoms with Crippen molar-refractivity contribution < 1.29 is 19.2 Å². The van der Waals surface area contributed by atoms with E-state index in [0.717, 1.165) is 29.8 Å². The molecule has 1 aromatic heterocycles. The summed E-state index contributed by atoms with van der Waals surface area (Å²) in [6, 6.07) is 9.13. The number of benzene rings is 1. The van der Waals surface area contributed by atoms with Crippen molar-refractivity contribution in [1.29, 1.82) is 0 Å². The van der Waals surface area contributed by atoms with Gasteiger partial charge in [-0.2, -0.15) is 0 Å². The van der Waals surface area contributed by atoms with Crippen LogP contribution in [0.25, 0.3) is 11.3 Å². The average molecular weight is 553 g/mol. The molecule has 1 fully saturated rings. The van der Waals surface area contributed by atoms with Gasteiger partial charge in [-0.3, -0.25) is 4.79 Å². The highest BCUT2D eigenvalue weighted by Crippen LogP contribution is 2.44. The molecule has 1 unspecified atom stereocenters. The number of rotatable bonds is 5. The summed E-state index contributed by atoms with van der Waals surface area (Å²) in [5.74, 6) is 5.77. The molecule has 0 saturated carbocycles. The number of fused-ring (bicyclic) bond motifs is 1. The fourth-order valence-electron chi connectivity index (χ4n) is 4.94. The summed E-state index contributed by atoms with van der Waals surface area (Å²) in [5.41, 5.74) is 3.18. The number of hydrogen-bond donors (Lipinski definition) is 2. The SMILES string of the molecule is CN1CCN(C(=O)c2cc3c(c(-c4cccc(C#CC(C)(C)O)c4)n2)[C@H](CCO)N(S(=O)C(C)(C)C)C3)CC1. The predicted octanol–water partition coefficient (Wildman–Crippen LogP) is 2.96. The summed E-state index contributed by atoms with van der Waals surface area (Å²) in [4.78, 5) is 22.6. The van der Waals surface area contributed by atoms with E-state index in [0.29, 0.717) is 43.0 Å². The average Bonchev–Trinajstić information content (AvgIpc) is 3.24. The molecular formula is C30H40N4O4S. The Labute approximate surface area is 234 Å². The Morgan fingerprint density at radius 3 is 2.44 bits per heavy atom. The fraction of sp³-hybridized carbons (Fsp3) is 0.533. The molecule has 1 saturated heterocycles. The maximum absolute atomic E-state index is 13.6. The lowest BCUT2D eigenvalue weighted by Crippen LogP contribution is -2.47. The molecule has 3 heterocycles. The summed E-state index contributed by atoms with van der Waals surface area (Å²) in [5, 5.41) is 20.1. The van der Waals surface area contributed by atoms with E-state index < -0.39 is 21.3 Å². The zero-order chi connectivity index (χ0) is 28.5. The predicted molar refractivity (Wildman–Crippen MR) is 154 cm³/mol. The topological polar surface area (TPSA) is 97.2 Å². The standard InChI is InChI=1S/C30H40N4O4S/c1-29(2,3)39(38)34-20-23-19-24(28(36)33-15-13-32(6)14-16-33)31-27(26(23)25(34)11-17-35)22-9-7-8-21(18-22)10-12-30(4,5)37/h7-9,18-19,25,35,37H,11,13-17,20H2,1-6H3/t25-,39?/m0/s1. The highest BCUT2D eigenvalue weighted by atomic mass is 32.2. The third kappa shape index (κ3) is 6.76.